The highest BCUT2D eigenvalue weighted by Crippen LogP contribution is 2.64. The first-order valence-electron chi connectivity index (χ1n) is 19.1. The van der Waals surface area contributed by atoms with E-state index in [1.165, 1.54) is 49.7 Å². The van der Waals surface area contributed by atoms with E-state index in [1.807, 2.05) is 18.2 Å². The van der Waals surface area contributed by atoms with Crippen LogP contribution in [0.3, 0.4) is 0 Å². The van der Waals surface area contributed by atoms with Crippen LogP contribution in [-0.4, -0.2) is 5.71 Å². The quantitative estimate of drug-likeness (QED) is 0.158. The Morgan fingerprint density at radius 1 is 0.536 bits per heavy atom. The zero-order valence-corrected chi connectivity index (χ0v) is 30.6. The van der Waals surface area contributed by atoms with Gasteiger partial charge in [0.15, 0.2) is 0 Å². The Morgan fingerprint density at radius 2 is 1.18 bits per heavy atom. The fourth-order valence-corrected chi connectivity index (χ4v) is 9.19. The number of hydrogen-bond acceptors (Lipinski definition) is 2. The molecular formula is C54H35NO. The minimum atomic E-state index is -0.558. The fraction of sp³-hybridized carbons (Fsp3) is 0.0185. The van der Waals surface area contributed by atoms with Crippen molar-refractivity contribution in [2.45, 2.75) is 5.41 Å². The molecule has 0 unspecified atom stereocenters. The van der Waals surface area contributed by atoms with Crippen LogP contribution in [-0.2, 0) is 5.41 Å². The average Bonchev–Trinajstić information content (AvgIpc) is 3.89. The summed E-state index contributed by atoms with van der Waals surface area (Å²) in [7, 11) is 0. The van der Waals surface area contributed by atoms with Gasteiger partial charge in [-0.3, -0.25) is 0 Å². The van der Waals surface area contributed by atoms with Crippen LogP contribution in [0.15, 0.2) is 210 Å². The molecule has 2 aliphatic rings. The van der Waals surface area contributed by atoms with Gasteiger partial charge < -0.3 is 4.42 Å². The van der Waals surface area contributed by atoms with Crippen LogP contribution in [0.5, 0.6) is 0 Å². The summed E-state index contributed by atoms with van der Waals surface area (Å²) in [6.07, 6.45) is 4.29. The molecule has 0 amide bonds. The largest absolute Gasteiger partial charge is 0.459 e. The van der Waals surface area contributed by atoms with E-state index < -0.39 is 5.41 Å². The maximum atomic E-state index is 7.00. The Hall–Kier alpha value is -7.29. The third-order valence-electron chi connectivity index (χ3n) is 11.7. The van der Waals surface area contributed by atoms with Crippen LogP contribution < -0.4 is 0 Å². The molecule has 2 aliphatic carbocycles. The lowest BCUT2D eigenvalue weighted by molar-refractivity contribution is 0.507. The zero-order chi connectivity index (χ0) is 37.2. The first kappa shape index (κ1) is 32.2. The number of rotatable bonds is 6. The van der Waals surface area contributed by atoms with Crippen molar-refractivity contribution in [1.29, 1.82) is 0 Å². The van der Waals surface area contributed by atoms with Crippen LogP contribution in [0.4, 0.5) is 0 Å². The minimum absolute atomic E-state index is 0.558. The summed E-state index contributed by atoms with van der Waals surface area (Å²) in [5.41, 5.74) is 15.9. The van der Waals surface area contributed by atoms with Crippen molar-refractivity contribution in [2.24, 2.45) is 4.99 Å². The summed E-state index contributed by atoms with van der Waals surface area (Å²) in [4.78, 5) is 5.25. The fourth-order valence-electron chi connectivity index (χ4n) is 9.19. The van der Waals surface area contributed by atoms with E-state index in [0.717, 1.165) is 50.3 Å². The Labute approximate surface area is 326 Å². The highest BCUT2D eigenvalue weighted by molar-refractivity contribution is 6.16. The number of hydrogen-bond donors (Lipinski definition) is 0. The Morgan fingerprint density at radius 3 is 1.98 bits per heavy atom. The van der Waals surface area contributed by atoms with Crippen LogP contribution in [0.25, 0.3) is 66.9 Å². The summed E-state index contributed by atoms with van der Waals surface area (Å²) in [6.45, 7) is 4.43. The van der Waals surface area contributed by atoms with Crippen LogP contribution in [0.1, 0.15) is 39.1 Å². The standard InChI is InChI=1S/C54H35NO/c1-35(37-15-3-2-4-16-37)55-50(32-28-36-27-29-38-17-5-6-18-39(38)33-36)44-22-8-7-19-41(44)40-30-31-49-46(34-40)52-45-23-11-14-26-51(45)56-53(52)54(49)47-24-12-9-20-42(47)43-21-10-13-25-48(43)54/h2-34H,1H2/b32-28+,55-50?. The van der Waals surface area contributed by atoms with Crippen molar-refractivity contribution >= 4 is 39.2 Å². The third-order valence-corrected chi connectivity index (χ3v) is 11.7. The molecule has 2 nitrogen and oxygen atoms in total. The number of furan rings is 1. The molecule has 0 saturated carbocycles. The van der Waals surface area contributed by atoms with Gasteiger partial charge in [-0.2, -0.15) is 0 Å². The molecule has 1 heterocycles. The molecule has 2 heteroatoms. The van der Waals surface area contributed by atoms with Crippen molar-refractivity contribution in [2.75, 3.05) is 0 Å². The first-order valence-corrected chi connectivity index (χ1v) is 19.1. The van der Waals surface area contributed by atoms with E-state index >= 15 is 0 Å². The lowest BCUT2D eigenvalue weighted by Gasteiger charge is -2.28. The van der Waals surface area contributed by atoms with Gasteiger partial charge in [0.1, 0.15) is 16.8 Å². The average molecular weight is 714 g/mol. The van der Waals surface area contributed by atoms with E-state index in [2.05, 4.69) is 189 Å². The molecule has 1 aromatic heterocycles. The molecule has 8 aromatic carbocycles. The van der Waals surface area contributed by atoms with Crippen molar-refractivity contribution in [3.05, 3.63) is 240 Å². The summed E-state index contributed by atoms with van der Waals surface area (Å²) in [5.74, 6) is 0.997. The van der Waals surface area contributed by atoms with E-state index in [-0.39, 0.29) is 0 Å². The Bertz CT molecular complexity index is 3060. The Kier molecular flexibility index (Phi) is 7.27. The summed E-state index contributed by atoms with van der Waals surface area (Å²) < 4.78 is 7.00. The zero-order valence-electron chi connectivity index (χ0n) is 30.6. The lowest BCUT2D eigenvalue weighted by Crippen LogP contribution is -2.25. The van der Waals surface area contributed by atoms with Crippen molar-refractivity contribution in [1.82, 2.24) is 0 Å². The molecule has 11 rings (SSSR count). The van der Waals surface area contributed by atoms with E-state index in [4.69, 9.17) is 9.41 Å². The van der Waals surface area contributed by atoms with Gasteiger partial charge in [-0.25, -0.2) is 4.99 Å². The maximum absolute atomic E-state index is 7.00. The molecule has 262 valence electrons. The van der Waals surface area contributed by atoms with Crippen LogP contribution >= 0.6 is 0 Å². The number of allylic oxidation sites excluding steroid dienone is 1. The SMILES string of the molecule is C=C(N=C(/C=C/c1ccc2ccccc2c1)c1ccccc1-c1ccc2c(c1)-c1c(oc3ccccc13)C21c2ccccc2-c2ccccc21)c1ccccc1. The predicted molar refractivity (Wildman–Crippen MR) is 233 cm³/mol. The highest BCUT2D eigenvalue weighted by atomic mass is 16.3. The number of benzene rings is 8. The maximum Gasteiger partial charge on any atom is 0.135 e. The van der Waals surface area contributed by atoms with Crippen molar-refractivity contribution in [3.63, 3.8) is 0 Å². The number of para-hydroxylation sites is 1. The number of aliphatic imine (C=N–C) groups is 1. The van der Waals surface area contributed by atoms with E-state index in [9.17, 15) is 0 Å². The third kappa shape index (κ3) is 4.79. The number of fused-ring (bicyclic) bond motifs is 13. The first-order chi connectivity index (χ1) is 27.7. The second-order valence-corrected chi connectivity index (χ2v) is 14.7. The van der Waals surface area contributed by atoms with Crippen molar-refractivity contribution in [3.8, 4) is 33.4 Å². The Balaban J connectivity index is 1.11. The van der Waals surface area contributed by atoms with Gasteiger partial charge in [0.05, 0.1) is 11.4 Å². The molecule has 0 N–H and O–H groups in total. The molecule has 1 spiro atoms. The van der Waals surface area contributed by atoms with Gasteiger partial charge in [0.25, 0.3) is 0 Å². The molecule has 0 radical (unpaired) electrons. The van der Waals surface area contributed by atoms with Gasteiger partial charge in [0.2, 0.25) is 0 Å². The molecule has 0 saturated heterocycles. The van der Waals surface area contributed by atoms with Gasteiger partial charge in [-0.15, -0.1) is 0 Å². The van der Waals surface area contributed by atoms with Crippen LogP contribution in [0.2, 0.25) is 0 Å². The monoisotopic (exact) mass is 713 g/mol. The minimum Gasteiger partial charge on any atom is -0.459 e. The molecule has 0 bridgehead atoms. The summed E-state index contributed by atoms with van der Waals surface area (Å²) in [6, 6.07) is 67.0. The smallest absolute Gasteiger partial charge is 0.135 e. The predicted octanol–water partition coefficient (Wildman–Crippen LogP) is 13.8. The summed E-state index contributed by atoms with van der Waals surface area (Å²) in [5, 5.41) is 3.56. The topological polar surface area (TPSA) is 25.5 Å². The lowest BCUT2D eigenvalue weighted by atomic mass is 9.73. The van der Waals surface area contributed by atoms with Gasteiger partial charge in [0, 0.05) is 16.5 Å². The molecule has 56 heavy (non-hydrogen) atoms. The van der Waals surface area contributed by atoms with Gasteiger partial charge >= 0.3 is 0 Å². The molecule has 0 aliphatic heterocycles. The van der Waals surface area contributed by atoms with Gasteiger partial charge in [-0.1, -0.05) is 183 Å². The molecular weight excluding hydrogens is 679 g/mol. The molecule has 0 atom stereocenters. The normalized spacial score (nSPS) is 13.6. The summed E-state index contributed by atoms with van der Waals surface area (Å²) >= 11 is 0. The molecule has 0 fully saturated rings. The van der Waals surface area contributed by atoms with E-state index in [0.29, 0.717) is 5.70 Å². The van der Waals surface area contributed by atoms with Crippen LogP contribution in [0, 0.1) is 0 Å². The van der Waals surface area contributed by atoms with Gasteiger partial charge in [-0.05, 0) is 90.7 Å². The van der Waals surface area contributed by atoms with Crippen molar-refractivity contribution < 1.29 is 4.42 Å². The number of nitrogens with zero attached hydrogens (tertiary/aromatic N) is 1. The second-order valence-electron chi connectivity index (χ2n) is 14.7. The van der Waals surface area contributed by atoms with E-state index in [1.54, 1.807) is 0 Å². The second kappa shape index (κ2) is 12.7. The highest BCUT2D eigenvalue weighted by Gasteiger charge is 2.54. The molecule has 9 aromatic rings.